The first-order chi connectivity index (χ1) is 6.19. The van der Waals surface area contributed by atoms with E-state index in [-0.39, 0.29) is 6.04 Å². The molecule has 0 saturated carbocycles. The summed E-state index contributed by atoms with van der Waals surface area (Å²) in [6.45, 7) is 0.410. The van der Waals surface area contributed by atoms with Crippen molar-refractivity contribution in [2.45, 2.75) is 6.04 Å². The second-order valence-corrected chi connectivity index (χ2v) is 3.64. The van der Waals surface area contributed by atoms with Gasteiger partial charge in [-0.05, 0) is 18.2 Å². The van der Waals surface area contributed by atoms with E-state index in [4.69, 9.17) is 16.2 Å². The van der Waals surface area contributed by atoms with Crippen molar-refractivity contribution in [2.24, 2.45) is 11.5 Å². The Balaban J connectivity index is 3.07. The lowest BCUT2D eigenvalue weighted by atomic mass is 10.1. The number of hydrogen-bond donors (Lipinski definition) is 2. The van der Waals surface area contributed by atoms with E-state index in [1.165, 1.54) is 0 Å². The maximum absolute atomic E-state index is 5.81. The highest BCUT2D eigenvalue weighted by Gasteiger charge is 2.10. The van der Waals surface area contributed by atoms with Gasteiger partial charge in [0, 0.05) is 22.6 Å². The Kier molecular flexibility index (Phi) is 3.71. The van der Waals surface area contributed by atoms with Crippen LogP contribution in [0, 0.1) is 0 Å². The van der Waals surface area contributed by atoms with Crippen LogP contribution >= 0.6 is 15.9 Å². The fraction of sp³-hybridized carbons (Fsp3) is 0.333. The lowest BCUT2D eigenvalue weighted by molar-refractivity contribution is 0.406. The van der Waals surface area contributed by atoms with E-state index in [2.05, 4.69) is 15.9 Å². The monoisotopic (exact) mass is 244 g/mol. The van der Waals surface area contributed by atoms with Crippen LogP contribution in [0.3, 0.4) is 0 Å². The molecule has 0 aliphatic carbocycles. The summed E-state index contributed by atoms with van der Waals surface area (Å²) >= 11 is 3.37. The Morgan fingerprint density at radius 3 is 2.77 bits per heavy atom. The van der Waals surface area contributed by atoms with Gasteiger partial charge < -0.3 is 16.2 Å². The van der Waals surface area contributed by atoms with Gasteiger partial charge in [-0.3, -0.25) is 0 Å². The summed E-state index contributed by atoms with van der Waals surface area (Å²) in [6.07, 6.45) is 0. The van der Waals surface area contributed by atoms with Crippen LogP contribution in [-0.2, 0) is 0 Å². The first-order valence-corrected chi connectivity index (χ1v) is 4.77. The molecule has 1 aromatic carbocycles. The van der Waals surface area contributed by atoms with Crippen molar-refractivity contribution in [2.75, 3.05) is 13.7 Å². The van der Waals surface area contributed by atoms with E-state index in [9.17, 15) is 0 Å². The maximum atomic E-state index is 5.81. The quantitative estimate of drug-likeness (QED) is 0.846. The highest BCUT2D eigenvalue weighted by atomic mass is 79.9. The van der Waals surface area contributed by atoms with Gasteiger partial charge in [0.15, 0.2) is 0 Å². The lowest BCUT2D eigenvalue weighted by Crippen LogP contribution is -2.21. The van der Waals surface area contributed by atoms with Crippen LogP contribution in [0.15, 0.2) is 22.7 Å². The zero-order valence-corrected chi connectivity index (χ0v) is 9.04. The summed E-state index contributed by atoms with van der Waals surface area (Å²) in [6, 6.07) is 5.53. The van der Waals surface area contributed by atoms with Crippen molar-refractivity contribution in [3.05, 3.63) is 28.2 Å². The van der Waals surface area contributed by atoms with Gasteiger partial charge in [0.05, 0.1) is 7.11 Å². The van der Waals surface area contributed by atoms with Crippen molar-refractivity contribution in [1.82, 2.24) is 0 Å². The Labute approximate surface area is 86.2 Å². The predicted molar refractivity (Wildman–Crippen MR) is 56.7 cm³/mol. The number of hydrogen-bond acceptors (Lipinski definition) is 3. The molecule has 0 bridgehead atoms. The molecule has 0 aliphatic rings. The Bertz CT molecular complexity index is 291. The van der Waals surface area contributed by atoms with Crippen molar-refractivity contribution >= 4 is 15.9 Å². The molecule has 0 aliphatic heterocycles. The minimum Gasteiger partial charge on any atom is -0.496 e. The Morgan fingerprint density at radius 2 is 2.23 bits per heavy atom. The highest BCUT2D eigenvalue weighted by molar-refractivity contribution is 9.10. The number of methoxy groups -OCH3 is 1. The van der Waals surface area contributed by atoms with Gasteiger partial charge in [0.25, 0.3) is 0 Å². The molecule has 1 aromatic rings. The molecule has 0 fully saturated rings. The molecule has 0 saturated heterocycles. The fourth-order valence-electron chi connectivity index (χ4n) is 1.12. The van der Waals surface area contributed by atoms with Gasteiger partial charge in [0.1, 0.15) is 5.75 Å². The molecule has 72 valence electrons. The van der Waals surface area contributed by atoms with E-state index in [1.54, 1.807) is 7.11 Å². The molecule has 0 aromatic heterocycles. The minimum absolute atomic E-state index is 0.174. The third-order valence-corrected chi connectivity index (χ3v) is 2.34. The molecule has 0 amide bonds. The van der Waals surface area contributed by atoms with Crippen molar-refractivity contribution < 1.29 is 4.74 Å². The van der Waals surface area contributed by atoms with Crippen LogP contribution in [0.25, 0.3) is 0 Å². The summed E-state index contributed by atoms with van der Waals surface area (Å²) in [4.78, 5) is 0. The second-order valence-electron chi connectivity index (χ2n) is 2.73. The van der Waals surface area contributed by atoms with Crippen LogP contribution in [0.4, 0.5) is 0 Å². The van der Waals surface area contributed by atoms with E-state index in [0.717, 1.165) is 15.8 Å². The molecule has 1 rings (SSSR count). The number of halogens is 1. The first kappa shape index (κ1) is 10.5. The number of rotatable bonds is 3. The molecular weight excluding hydrogens is 232 g/mol. The van der Waals surface area contributed by atoms with Crippen LogP contribution in [0.2, 0.25) is 0 Å². The van der Waals surface area contributed by atoms with Crippen LogP contribution in [-0.4, -0.2) is 13.7 Å². The van der Waals surface area contributed by atoms with Crippen molar-refractivity contribution in [3.8, 4) is 5.75 Å². The summed E-state index contributed by atoms with van der Waals surface area (Å²) in [5.41, 5.74) is 12.2. The third-order valence-electron chi connectivity index (χ3n) is 1.85. The second kappa shape index (κ2) is 4.60. The van der Waals surface area contributed by atoms with E-state index >= 15 is 0 Å². The molecule has 0 spiro atoms. The van der Waals surface area contributed by atoms with Gasteiger partial charge in [-0.2, -0.15) is 0 Å². The number of nitrogens with two attached hydrogens (primary N) is 2. The van der Waals surface area contributed by atoms with Gasteiger partial charge in [-0.15, -0.1) is 0 Å². The third kappa shape index (κ3) is 2.43. The Hall–Kier alpha value is -0.580. The summed E-state index contributed by atoms with van der Waals surface area (Å²) in [5, 5.41) is 0. The molecule has 13 heavy (non-hydrogen) atoms. The van der Waals surface area contributed by atoms with Crippen LogP contribution in [0.1, 0.15) is 11.6 Å². The SMILES string of the molecule is COc1ccc(Br)cc1[C@@H](N)CN. The first-order valence-electron chi connectivity index (χ1n) is 3.98. The number of ether oxygens (including phenoxy) is 1. The topological polar surface area (TPSA) is 61.3 Å². The average Bonchev–Trinajstić information content (AvgIpc) is 2.16. The normalized spacial score (nSPS) is 12.6. The molecule has 0 unspecified atom stereocenters. The van der Waals surface area contributed by atoms with E-state index < -0.39 is 0 Å². The fourth-order valence-corrected chi connectivity index (χ4v) is 1.50. The molecular formula is C9H13BrN2O. The zero-order chi connectivity index (χ0) is 9.84. The molecule has 0 radical (unpaired) electrons. The molecule has 4 N–H and O–H groups in total. The summed E-state index contributed by atoms with van der Waals surface area (Å²) in [5.74, 6) is 0.779. The molecule has 3 nitrogen and oxygen atoms in total. The highest BCUT2D eigenvalue weighted by Crippen LogP contribution is 2.26. The van der Waals surface area contributed by atoms with E-state index in [1.807, 2.05) is 18.2 Å². The standard InChI is InChI=1S/C9H13BrN2O/c1-13-9-3-2-6(10)4-7(9)8(12)5-11/h2-4,8H,5,11-12H2,1H3/t8-/m0/s1. The summed E-state index contributed by atoms with van der Waals surface area (Å²) < 4.78 is 6.15. The maximum Gasteiger partial charge on any atom is 0.123 e. The molecule has 4 heteroatoms. The smallest absolute Gasteiger partial charge is 0.123 e. The van der Waals surface area contributed by atoms with E-state index in [0.29, 0.717) is 6.54 Å². The van der Waals surface area contributed by atoms with Gasteiger partial charge in [-0.25, -0.2) is 0 Å². The minimum atomic E-state index is -0.174. The lowest BCUT2D eigenvalue weighted by Gasteiger charge is -2.13. The summed E-state index contributed by atoms with van der Waals surface area (Å²) in [7, 11) is 1.62. The van der Waals surface area contributed by atoms with Crippen LogP contribution < -0.4 is 16.2 Å². The van der Waals surface area contributed by atoms with Crippen molar-refractivity contribution in [3.63, 3.8) is 0 Å². The Morgan fingerprint density at radius 1 is 1.54 bits per heavy atom. The number of benzene rings is 1. The van der Waals surface area contributed by atoms with Gasteiger partial charge in [0.2, 0.25) is 0 Å². The van der Waals surface area contributed by atoms with Crippen LogP contribution in [0.5, 0.6) is 5.75 Å². The molecule has 1 atom stereocenters. The average molecular weight is 245 g/mol. The van der Waals surface area contributed by atoms with Gasteiger partial charge in [-0.1, -0.05) is 15.9 Å². The molecule has 0 heterocycles. The van der Waals surface area contributed by atoms with Crippen molar-refractivity contribution in [1.29, 1.82) is 0 Å². The predicted octanol–water partition coefficient (Wildman–Crippen LogP) is 1.42. The largest absolute Gasteiger partial charge is 0.496 e. The zero-order valence-electron chi connectivity index (χ0n) is 7.46. The van der Waals surface area contributed by atoms with Gasteiger partial charge >= 0.3 is 0 Å².